The third-order valence-electron chi connectivity index (χ3n) is 4.74. The molecule has 0 aliphatic rings. The monoisotopic (exact) mass is 303 g/mol. The van der Waals surface area contributed by atoms with E-state index < -0.39 is 0 Å². The molecule has 120 valence electrons. The van der Waals surface area contributed by atoms with Gasteiger partial charge >= 0.3 is 18.9 Å². The number of benzene rings is 2. The maximum Gasteiger partial charge on any atom is 1.00 e. The number of rotatable bonds is 7. The summed E-state index contributed by atoms with van der Waals surface area (Å²) in [6.07, 6.45) is 3.75. The first-order valence-corrected chi connectivity index (χ1v) is 8.47. The van der Waals surface area contributed by atoms with Gasteiger partial charge in [-0.3, -0.25) is 0 Å². The Labute approximate surface area is 155 Å². The second kappa shape index (κ2) is 9.86. The molecule has 2 aromatic rings. The first-order valence-electron chi connectivity index (χ1n) is 8.47. The predicted molar refractivity (Wildman–Crippen MR) is 98.9 cm³/mol. The third-order valence-corrected chi connectivity index (χ3v) is 4.74. The number of nitrogens with zero attached hydrogens (tertiary/aromatic N) is 1. The van der Waals surface area contributed by atoms with Crippen molar-refractivity contribution in [3.8, 4) is 0 Å². The molecule has 0 heterocycles. The van der Waals surface area contributed by atoms with Crippen LogP contribution in [0.2, 0.25) is 0 Å². The molecule has 23 heavy (non-hydrogen) atoms. The van der Waals surface area contributed by atoms with Crippen molar-refractivity contribution in [2.45, 2.75) is 39.0 Å². The van der Waals surface area contributed by atoms with E-state index in [1.807, 2.05) is 0 Å². The van der Waals surface area contributed by atoms with Gasteiger partial charge in [0.1, 0.15) is 0 Å². The van der Waals surface area contributed by atoms with E-state index in [0.29, 0.717) is 5.92 Å². The molecule has 0 amide bonds. The average Bonchev–Trinajstić information content (AvgIpc) is 2.57. The minimum atomic E-state index is 0. The molecule has 0 aliphatic carbocycles. The first kappa shape index (κ1) is 19.9. The van der Waals surface area contributed by atoms with Crippen molar-refractivity contribution in [1.29, 1.82) is 0 Å². The maximum absolute atomic E-state index is 2.31. The van der Waals surface area contributed by atoms with Gasteiger partial charge < -0.3 is 6.33 Å². The van der Waals surface area contributed by atoms with E-state index in [-0.39, 0.29) is 20.3 Å². The molecule has 1 unspecified atom stereocenters. The van der Waals surface area contributed by atoms with Crippen LogP contribution in [0, 0.1) is 5.92 Å². The second-order valence-corrected chi connectivity index (χ2v) is 6.37. The van der Waals surface area contributed by atoms with Crippen LogP contribution in [0.3, 0.4) is 0 Å². The molecule has 0 spiro atoms. The van der Waals surface area contributed by atoms with E-state index in [2.05, 4.69) is 87.4 Å². The van der Waals surface area contributed by atoms with Gasteiger partial charge in [-0.2, -0.15) is 0 Å². The van der Waals surface area contributed by atoms with Crippen LogP contribution in [0.4, 0.5) is 5.69 Å². The summed E-state index contributed by atoms with van der Waals surface area (Å²) in [7, 11) is 4.18. The normalized spacial score (nSPS) is 11.9. The Morgan fingerprint density at radius 1 is 0.826 bits per heavy atom. The summed E-state index contributed by atoms with van der Waals surface area (Å²) in [5.74, 6) is 1.29. The summed E-state index contributed by atoms with van der Waals surface area (Å²) >= 11 is 0. The minimum Gasteiger partial charge on any atom is -1.00 e. The van der Waals surface area contributed by atoms with Crippen molar-refractivity contribution in [3.63, 3.8) is 0 Å². The molecule has 1 atom stereocenters. The van der Waals surface area contributed by atoms with Gasteiger partial charge in [0.05, 0.1) is 0 Å². The van der Waals surface area contributed by atoms with E-state index >= 15 is 0 Å². The largest absolute Gasteiger partial charge is 1.00 e. The predicted octanol–water partition coefficient (Wildman–Crippen LogP) is 2.83. The minimum absolute atomic E-state index is 0. The standard InChI is InChI=1S/C21H29N.Li.H/c1-5-17(6-2)16-21(18-10-8-7-9-11-18)19-12-14-20(15-13-19)22(3)4;;/h7-15,17,21H,5-6,16H2,1-4H3;;/q;+1;-1. The molecule has 2 aromatic carbocycles. The van der Waals surface area contributed by atoms with E-state index in [9.17, 15) is 0 Å². The molecular weight excluding hydrogens is 273 g/mol. The van der Waals surface area contributed by atoms with Crippen molar-refractivity contribution in [3.05, 3.63) is 65.7 Å². The fourth-order valence-corrected chi connectivity index (χ4v) is 3.11. The van der Waals surface area contributed by atoms with Gasteiger partial charge in [-0.25, -0.2) is 0 Å². The molecule has 0 bridgehead atoms. The molecule has 0 fully saturated rings. The van der Waals surface area contributed by atoms with Gasteiger partial charge in [0.2, 0.25) is 0 Å². The van der Waals surface area contributed by atoms with Gasteiger partial charge in [0.25, 0.3) is 0 Å². The van der Waals surface area contributed by atoms with E-state index in [1.54, 1.807) is 0 Å². The van der Waals surface area contributed by atoms with Crippen LogP contribution in [0.25, 0.3) is 0 Å². The van der Waals surface area contributed by atoms with Crippen LogP contribution in [0.5, 0.6) is 0 Å². The van der Waals surface area contributed by atoms with E-state index in [4.69, 9.17) is 0 Å². The molecule has 0 saturated carbocycles. The fraction of sp³-hybridized carbons (Fsp3) is 0.429. The SMILES string of the molecule is CCC(CC)CC(c1ccccc1)c1ccc(N(C)C)cc1.[H-].[Li+]. The van der Waals surface area contributed by atoms with E-state index in [0.717, 1.165) is 5.92 Å². The molecule has 1 nitrogen and oxygen atoms in total. The van der Waals surface area contributed by atoms with Crippen molar-refractivity contribution in [2.24, 2.45) is 5.92 Å². The quantitative estimate of drug-likeness (QED) is 0.711. The van der Waals surface area contributed by atoms with Crippen LogP contribution >= 0.6 is 0 Å². The summed E-state index contributed by atoms with van der Waals surface area (Å²) in [6.45, 7) is 4.62. The van der Waals surface area contributed by atoms with Gasteiger partial charge in [-0.1, -0.05) is 69.2 Å². The molecule has 0 aliphatic heterocycles. The van der Waals surface area contributed by atoms with Crippen LogP contribution in [0.15, 0.2) is 54.6 Å². The molecule has 0 N–H and O–H groups in total. The Morgan fingerprint density at radius 3 is 1.83 bits per heavy atom. The number of hydrogen-bond acceptors (Lipinski definition) is 1. The molecule has 0 saturated heterocycles. The Hall–Kier alpha value is -1.16. The third kappa shape index (κ3) is 5.45. The summed E-state index contributed by atoms with van der Waals surface area (Å²) in [5, 5.41) is 0. The number of anilines is 1. The topological polar surface area (TPSA) is 3.24 Å². The van der Waals surface area contributed by atoms with Crippen LogP contribution < -0.4 is 23.8 Å². The smallest absolute Gasteiger partial charge is 1.00 e. The number of hydrogen-bond donors (Lipinski definition) is 0. The second-order valence-electron chi connectivity index (χ2n) is 6.37. The van der Waals surface area contributed by atoms with Gasteiger partial charge in [-0.05, 0) is 35.6 Å². The zero-order chi connectivity index (χ0) is 15.9. The van der Waals surface area contributed by atoms with Gasteiger partial charge in [0, 0.05) is 25.7 Å². The van der Waals surface area contributed by atoms with Crippen LogP contribution in [0.1, 0.15) is 51.6 Å². The maximum atomic E-state index is 2.31. The van der Waals surface area contributed by atoms with E-state index in [1.165, 1.54) is 36.1 Å². The van der Waals surface area contributed by atoms with Gasteiger partial charge in [-0.15, -0.1) is 0 Å². The molecule has 2 heteroatoms. The molecular formula is C21H30LiN. The van der Waals surface area contributed by atoms with Crippen molar-refractivity contribution >= 4 is 5.69 Å². The van der Waals surface area contributed by atoms with Crippen molar-refractivity contribution in [2.75, 3.05) is 19.0 Å². The van der Waals surface area contributed by atoms with Gasteiger partial charge in [0.15, 0.2) is 0 Å². The Kier molecular flexibility index (Phi) is 8.52. The molecule has 2 rings (SSSR count). The van der Waals surface area contributed by atoms with Crippen LogP contribution in [-0.2, 0) is 0 Å². The molecule has 0 aromatic heterocycles. The summed E-state index contributed by atoms with van der Waals surface area (Å²) in [5.41, 5.74) is 4.13. The van der Waals surface area contributed by atoms with Crippen molar-refractivity contribution in [1.82, 2.24) is 0 Å². The summed E-state index contributed by atoms with van der Waals surface area (Å²) in [4.78, 5) is 2.15. The Morgan fingerprint density at radius 2 is 1.35 bits per heavy atom. The average molecular weight is 303 g/mol. The Bertz CT molecular complexity index is 550. The fourth-order valence-electron chi connectivity index (χ4n) is 3.11. The zero-order valence-corrected chi connectivity index (χ0v) is 15.4. The summed E-state index contributed by atoms with van der Waals surface area (Å²) in [6, 6.07) is 20.0. The molecule has 0 radical (unpaired) electrons. The van der Waals surface area contributed by atoms with Crippen molar-refractivity contribution < 1.29 is 20.3 Å². The zero-order valence-electron chi connectivity index (χ0n) is 16.4. The van der Waals surface area contributed by atoms with Crippen LogP contribution in [-0.4, -0.2) is 14.1 Å². The first-order chi connectivity index (χ1) is 10.7. The Balaban J connectivity index is 0.00000264. The summed E-state index contributed by atoms with van der Waals surface area (Å²) < 4.78 is 0.